The summed E-state index contributed by atoms with van der Waals surface area (Å²) in [4.78, 5) is 53.4. The third-order valence-corrected chi connectivity index (χ3v) is 8.95. The Morgan fingerprint density at radius 2 is 1.57 bits per heavy atom. The summed E-state index contributed by atoms with van der Waals surface area (Å²) >= 11 is 2.34. The molecular formula is C30H38IN5O4. The second-order valence-corrected chi connectivity index (χ2v) is 13.4. The molecule has 3 fully saturated rings. The van der Waals surface area contributed by atoms with Crippen LogP contribution in [0.4, 0.5) is 4.79 Å². The van der Waals surface area contributed by atoms with E-state index in [-0.39, 0.29) is 30.0 Å². The summed E-state index contributed by atoms with van der Waals surface area (Å²) in [5, 5.41) is 0. The van der Waals surface area contributed by atoms with Gasteiger partial charge in [0.25, 0.3) is 5.91 Å². The molecule has 0 bridgehead atoms. The highest BCUT2D eigenvalue weighted by atomic mass is 127. The molecule has 0 N–H and O–H groups in total. The molecule has 0 unspecified atom stereocenters. The second kappa shape index (κ2) is 12.0. The molecule has 5 rings (SSSR count). The topological polar surface area (TPSA) is 95.9 Å². The minimum atomic E-state index is -0.525. The standard InChI is InChI=1S/C30H38IN5O4/c1-30(2,3)40-29(39)34-15-12-24(13-16-34)36(23-10-11-23)28(38)22-18-32-27(33-19-22)21-8-6-20(7-9-21)17-26(37)35-14-4-5-25(35)31/h6-9,18-19,23-25H,4-5,10-17H2,1-3H3/t25-/m1/s1. The lowest BCUT2D eigenvalue weighted by Crippen LogP contribution is -2.50. The quantitative estimate of drug-likeness (QED) is 0.244. The van der Waals surface area contributed by atoms with Crippen molar-refractivity contribution in [2.45, 2.75) is 87.5 Å². The predicted octanol–water partition coefficient (Wildman–Crippen LogP) is 5.07. The highest BCUT2D eigenvalue weighted by molar-refractivity contribution is 14.1. The van der Waals surface area contributed by atoms with Crippen LogP contribution in [-0.4, -0.2) is 83.9 Å². The van der Waals surface area contributed by atoms with E-state index in [9.17, 15) is 14.4 Å². The molecule has 40 heavy (non-hydrogen) atoms. The van der Waals surface area contributed by atoms with Gasteiger partial charge in [-0.15, -0.1) is 0 Å². The SMILES string of the molecule is CC(C)(C)OC(=O)N1CCC(N(C(=O)c2cnc(-c3ccc(CC(=O)N4CCC[C@@H]4I)cc3)nc2)C2CC2)CC1. The van der Waals surface area contributed by atoms with Crippen LogP contribution in [0.2, 0.25) is 0 Å². The summed E-state index contributed by atoms with van der Waals surface area (Å²) in [5.74, 6) is 0.665. The van der Waals surface area contributed by atoms with Gasteiger partial charge in [0.05, 0.1) is 16.0 Å². The number of nitrogens with zero attached hydrogens (tertiary/aromatic N) is 5. The van der Waals surface area contributed by atoms with Gasteiger partial charge in [0, 0.05) is 49.7 Å². The Bertz CT molecular complexity index is 1220. The van der Waals surface area contributed by atoms with Crippen molar-refractivity contribution in [3.63, 3.8) is 0 Å². The number of alkyl halides is 1. The highest BCUT2D eigenvalue weighted by Crippen LogP contribution is 2.33. The number of piperidine rings is 1. The van der Waals surface area contributed by atoms with E-state index in [0.29, 0.717) is 34.9 Å². The maximum absolute atomic E-state index is 13.6. The van der Waals surface area contributed by atoms with Gasteiger partial charge in [-0.3, -0.25) is 9.59 Å². The number of amides is 3. The van der Waals surface area contributed by atoms with E-state index < -0.39 is 5.60 Å². The van der Waals surface area contributed by atoms with Gasteiger partial charge in [0.15, 0.2) is 5.82 Å². The molecule has 10 heteroatoms. The minimum Gasteiger partial charge on any atom is -0.444 e. The van der Waals surface area contributed by atoms with Crippen LogP contribution >= 0.6 is 22.6 Å². The Kier molecular flexibility index (Phi) is 8.63. The van der Waals surface area contributed by atoms with E-state index in [0.717, 1.165) is 56.2 Å². The fraction of sp³-hybridized carbons (Fsp3) is 0.567. The zero-order valence-corrected chi connectivity index (χ0v) is 25.7. The summed E-state index contributed by atoms with van der Waals surface area (Å²) in [6.45, 7) is 7.59. The van der Waals surface area contributed by atoms with Gasteiger partial charge in [0.1, 0.15) is 5.60 Å². The molecule has 0 radical (unpaired) electrons. The summed E-state index contributed by atoms with van der Waals surface area (Å²) in [7, 11) is 0. The molecule has 1 saturated carbocycles. The monoisotopic (exact) mass is 659 g/mol. The zero-order valence-electron chi connectivity index (χ0n) is 23.5. The van der Waals surface area contributed by atoms with Crippen LogP contribution in [0.5, 0.6) is 0 Å². The molecule has 1 aromatic carbocycles. The van der Waals surface area contributed by atoms with E-state index in [2.05, 4.69) is 32.6 Å². The van der Waals surface area contributed by atoms with Crippen LogP contribution in [-0.2, 0) is 16.0 Å². The number of aromatic nitrogens is 2. The largest absolute Gasteiger partial charge is 0.444 e. The van der Waals surface area contributed by atoms with E-state index in [1.807, 2.05) is 54.8 Å². The fourth-order valence-corrected chi connectivity index (χ4v) is 6.46. The summed E-state index contributed by atoms with van der Waals surface area (Å²) in [6.07, 6.45) is 8.91. The van der Waals surface area contributed by atoms with E-state index >= 15 is 0 Å². The van der Waals surface area contributed by atoms with E-state index in [1.54, 1.807) is 17.3 Å². The number of rotatable bonds is 6. The molecule has 2 aromatic rings. The summed E-state index contributed by atoms with van der Waals surface area (Å²) in [6, 6.07) is 8.08. The average Bonchev–Trinajstić information content (AvgIpc) is 3.67. The van der Waals surface area contributed by atoms with Crippen molar-refractivity contribution in [1.29, 1.82) is 0 Å². The predicted molar refractivity (Wildman–Crippen MR) is 160 cm³/mol. The van der Waals surface area contributed by atoms with Crippen LogP contribution < -0.4 is 0 Å². The number of carbonyl (C=O) groups excluding carboxylic acids is 3. The highest BCUT2D eigenvalue weighted by Gasteiger charge is 2.40. The smallest absolute Gasteiger partial charge is 0.410 e. The molecular weight excluding hydrogens is 621 g/mol. The van der Waals surface area contributed by atoms with Crippen molar-refractivity contribution in [1.82, 2.24) is 24.7 Å². The molecule has 1 aliphatic carbocycles. The van der Waals surface area contributed by atoms with Crippen molar-refractivity contribution < 1.29 is 19.1 Å². The van der Waals surface area contributed by atoms with Crippen LogP contribution in [0.1, 0.15) is 75.2 Å². The van der Waals surface area contributed by atoms with E-state index in [4.69, 9.17) is 4.74 Å². The first-order valence-corrected chi connectivity index (χ1v) is 15.5. The number of likely N-dealkylation sites (tertiary alicyclic amines) is 2. The van der Waals surface area contributed by atoms with Gasteiger partial charge >= 0.3 is 6.09 Å². The van der Waals surface area contributed by atoms with Gasteiger partial charge in [-0.2, -0.15) is 0 Å². The number of hydrogen-bond donors (Lipinski definition) is 0. The lowest BCUT2D eigenvalue weighted by molar-refractivity contribution is -0.129. The Labute approximate surface area is 249 Å². The lowest BCUT2D eigenvalue weighted by Gasteiger charge is -2.39. The van der Waals surface area contributed by atoms with Crippen LogP contribution in [0.15, 0.2) is 36.7 Å². The molecule has 214 valence electrons. The van der Waals surface area contributed by atoms with Gasteiger partial charge in [-0.1, -0.05) is 46.9 Å². The third-order valence-electron chi connectivity index (χ3n) is 7.65. The zero-order chi connectivity index (χ0) is 28.4. The number of ether oxygens (including phenoxy) is 1. The fourth-order valence-electron chi connectivity index (χ4n) is 5.43. The molecule has 0 spiro atoms. The molecule has 3 amide bonds. The number of hydrogen-bond acceptors (Lipinski definition) is 6. The Balaban J connectivity index is 1.19. The molecule has 2 saturated heterocycles. The molecule has 1 aromatic heterocycles. The molecule has 9 nitrogen and oxygen atoms in total. The molecule has 1 atom stereocenters. The van der Waals surface area contributed by atoms with Gasteiger partial charge in [-0.25, -0.2) is 14.8 Å². The van der Waals surface area contributed by atoms with Crippen molar-refractivity contribution >= 4 is 40.5 Å². The molecule has 3 heterocycles. The number of carbonyl (C=O) groups is 3. The Morgan fingerprint density at radius 1 is 0.950 bits per heavy atom. The van der Waals surface area contributed by atoms with Gasteiger partial charge in [-0.05, 0) is 64.9 Å². The summed E-state index contributed by atoms with van der Waals surface area (Å²) < 4.78 is 5.81. The number of halogens is 1. The first-order chi connectivity index (χ1) is 19.1. The first-order valence-electron chi connectivity index (χ1n) is 14.2. The molecule has 2 aliphatic heterocycles. The van der Waals surface area contributed by atoms with Gasteiger partial charge < -0.3 is 19.4 Å². The maximum Gasteiger partial charge on any atom is 0.410 e. The second-order valence-electron chi connectivity index (χ2n) is 12.0. The average molecular weight is 660 g/mol. The van der Waals surface area contributed by atoms with Crippen LogP contribution in [0.3, 0.4) is 0 Å². The molecule has 3 aliphatic rings. The van der Waals surface area contributed by atoms with Crippen LogP contribution in [0.25, 0.3) is 11.4 Å². The van der Waals surface area contributed by atoms with Crippen molar-refractivity contribution in [2.75, 3.05) is 19.6 Å². The number of benzene rings is 1. The lowest BCUT2D eigenvalue weighted by atomic mass is 10.0. The Morgan fingerprint density at radius 3 is 2.12 bits per heavy atom. The van der Waals surface area contributed by atoms with Crippen LogP contribution in [0, 0.1) is 0 Å². The van der Waals surface area contributed by atoms with E-state index in [1.165, 1.54) is 0 Å². The third kappa shape index (κ3) is 6.92. The van der Waals surface area contributed by atoms with Crippen molar-refractivity contribution in [3.8, 4) is 11.4 Å². The summed E-state index contributed by atoms with van der Waals surface area (Å²) in [5.41, 5.74) is 1.76. The normalized spacial score (nSPS) is 19.9. The maximum atomic E-state index is 13.6. The van der Waals surface area contributed by atoms with Crippen molar-refractivity contribution in [2.24, 2.45) is 0 Å². The first kappa shape index (κ1) is 28.8. The van der Waals surface area contributed by atoms with Gasteiger partial charge in [0.2, 0.25) is 5.91 Å². The van der Waals surface area contributed by atoms with Crippen molar-refractivity contribution in [3.05, 3.63) is 47.8 Å². The minimum absolute atomic E-state index is 0.0471. The Hall–Kier alpha value is -2.76.